The lowest BCUT2D eigenvalue weighted by Crippen LogP contribution is -2.20. The molecule has 0 aromatic heterocycles. The molecule has 2 heteroatoms. The van der Waals surface area contributed by atoms with Crippen LogP contribution >= 0.6 is 11.6 Å². The second-order valence-electron chi connectivity index (χ2n) is 3.32. The zero-order valence-corrected chi connectivity index (χ0v) is 9.93. The third-order valence-electron chi connectivity index (χ3n) is 2.29. The average molecular weight is 222 g/mol. The van der Waals surface area contributed by atoms with E-state index < -0.39 is 0 Å². The molecule has 0 fully saturated rings. The van der Waals surface area contributed by atoms with Crippen LogP contribution in [-0.4, -0.2) is 6.54 Å². The number of hydrogen-bond acceptors (Lipinski definition) is 1. The van der Waals surface area contributed by atoms with E-state index in [2.05, 4.69) is 36.2 Å². The lowest BCUT2D eigenvalue weighted by atomic mass is 10.0. The highest BCUT2D eigenvalue weighted by molar-refractivity contribution is 6.30. The summed E-state index contributed by atoms with van der Waals surface area (Å²) in [5.74, 6) is 5.88. The summed E-state index contributed by atoms with van der Waals surface area (Å²) in [6, 6.07) is 8.33. The minimum atomic E-state index is 0.364. The predicted molar refractivity (Wildman–Crippen MR) is 65.9 cm³/mol. The average Bonchev–Trinajstić information content (AvgIpc) is 2.26. The van der Waals surface area contributed by atoms with Gasteiger partial charge in [-0.1, -0.05) is 36.6 Å². The fourth-order valence-corrected chi connectivity index (χ4v) is 1.58. The van der Waals surface area contributed by atoms with Gasteiger partial charge in [-0.25, -0.2) is 0 Å². The van der Waals surface area contributed by atoms with Crippen molar-refractivity contribution in [1.29, 1.82) is 0 Å². The second kappa shape index (κ2) is 6.50. The normalized spacial score (nSPS) is 11.7. The Morgan fingerprint density at radius 2 is 2.00 bits per heavy atom. The first-order chi connectivity index (χ1) is 7.27. The summed E-state index contributed by atoms with van der Waals surface area (Å²) in [6.07, 6.45) is 1.05. The van der Waals surface area contributed by atoms with Crippen molar-refractivity contribution >= 4 is 11.6 Å². The highest BCUT2D eigenvalue weighted by Crippen LogP contribution is 2.18. The summed E-state index contributed by atoms with van der Waals surface area (Å²) >= 11 is 5.84. The molecule has 15 heavy (non-hydrogen) atoms. The maximum atomic E-state index is 5.84. The molecule has 1 aromatic carbocycles. The van der Waals surface area contributed by atoms with Crippen LogP contribution in [0.3, 0.4) is 0 Å². The SMILES string of the molecule is CC#CCNC(CC)c1ccc(Cl)cc1. The van der Waals surface area contributed by atoms with Gasteiger partial charge in [0.1, 0.15) is 0 Å². The molecule has 0 heterocycles. The molecule has 0 radical (unpaired) electrons. The van der Waals surface area contributed by atoms with Crippen molar-refractivity contribution in [1.82, 2.24) is 5.32 Å². The molecule has 0 aliphatic carbocycles. The summed E-state index contributed by atoms with van der Waals surface area (Å²) in [6.45, 7) is 4.74. The molecule has 1 atom stereocenters. The van der Waals surface area contributed by atoms with Crippen LogP contribution in [0.15, 0.2) is 24.3 Å². The fraction of sp³-hybridized carbons (Fsp3) is 0.385. The van der Waals surface area contributed by atoms with Gasteiger partial charge in [0, 0.05) is 11.1 Å². The van der Waals surface area contributed by atoms with Crippen molar-refractivity contribution in [2.75, 3.05) is 6.54 Å². The molecule has 0 saturated carbocycles. The molecule has 1 rings (SSSR count). The first-order valence-electron chi connectivity index (χ1n) is 5.16. The van der Waals surface area contributed by atoms with E-state index in [0.717, 1.165) is 18.0 Å². The van der Waals surface area contributed by atoms with Crippen LogP contribution in [0.25, 0.3) is 0 Å². The molecule has 80 valence electrons. The van der Waals surface area contributed by atoms with E-state index >= 15 is 0 Å². The summed E-state index contributed by atoms with van der Waals surface area (Å²) in [4.78, 5) is 0. The summed E-state index contributed by atoms with van der Waals surface area (Å²) in [7, 11) is 0. The summed E-state index contributed by atoms with van der Waals surface area (Å²) < 4.78 is 0. The standard InChI is InChI=1S/C13H16ClN/c1-3-5-10-15-13(4-2)11-6-8-12(14)9-7-11/h6-9,13,15H,4,10H2,1-2H3. The van der Waals surface area contributed by atoms with Crippen LogP contribution in [0.5, 0.6) is 0 Å². The molecule has 1 aromatic rings. The van der Waals surface area contributed by atoms with E-state index in [1.54, 1.807) is 0 Å². The maximum Gasteiger partial charge on any atom is 0.0581 e. The van der Waals surface area contributed by atoms with Gasteiger partial charge in [-0.05, 0) is 31.0 Å². The van der Waals surface area contributed by atoms with Gasteiger partial charge in [0.2, 0.25) is 0 Å². The monoisotopic (exact) mass is 221 g/mol. The smallest absolute Gasteiger partial charge is 0.0581 e. The number of benzene rings is 1. The number of hydrogen-bond donors (Lipinski definition) is 1. The molecule has 0 aliphatic heterocycles. The van der Waals surface area contributed by atoms with Crippen molar-refractivity contribution in [2.24, 2.45) is 0 Å². The first-order valence-corrected chi connectivity index (χ1v) is 5.54. The number of rotatable bonds is 4. The van der Waals surface area contributed by atoms with Crippen LogP contribution in [-0.2, 0) is 0 Å². The van der Waals surface area contributed by atoms with E-state index in [0.29, 0.717) is 6.04 Å². The van der Waals surface area contributed by atoms with Crippen LogP contribution in [0.1, 0.15) is 31.9 Å². The van der Waals surface area contributed by atoms with Crippen molar-refractivity contribution in [3.8, 4) is 11.8 Å². The quantitative estimate of drug-likeness (QED) is 0.769. The molecular weight excluding hydrogens is 206 g/mol. The highest BCUT2D eigenvalue weighted by atomic mass is 35.5. The van der Waals surface area contributed by atoms with Gasteiger partial charge in [0.25, 0.3) is 0 Å². The molecule has 0 spiro atoms. The van der Waals surface area contributed by atoms with Crippen molar-refractivity contribution < 1.29 is 0 Å². The van der Waals surface area contributed by atoms with Gasteiger partial charge < -0.3 is 0 Å². The molecule has 0 bridgehead atoms. The Balaban J connectivity index is 2.64. The van der Waals surface area contributed by atoms with Crippen molar-refractivity contribution in [3.05, 3.63) is 34.9 Å². The Bertz CT molecular complexity index is 345. The lowest BCUT2D eigenvalue weighted by Gasteiger charge is -2.15. The Labute approximate surface area is 96.8 Å². The van der Waals surface area contributed by atoms with Crippen molar-refractivity contribution in [3.63, 3.8) is 0 Å². The molecule has 0 amide bonds. The molecule has 1 unspecified atom stereocenters. The minimum absolute atomic E-state index is 0.364. The van der Waals surface area contributed by atoms with E-state index in [9.17, 15) is 0 Å². The van der Waals surface area contributed by atoms with Crippen LogP contribution < -0.4 is 5.32 Å². The Morgan fingerprint density at radius 3 is 2.53 bits per heavy atom. The van der Waals surface area contributed by atoms with Crippen LogP contribution in [0, 0.1) is 11.8 Å². The van der Waals surface area contributed by atoms with Crippen LogP contribution in [0.4, 0.5) is 0 Å². The molecule has 1 nitrogen and oxygen atoms in total. The predicted octanol–water partition coefficient (Wildman–Crippen LogP) is 3.40. The zero-order valence-electron chi connectivity index (χ0n) is 9.18. The van der Waals surface area contributed by atoms with Gasteiger partial charge in [-0.3, -0.25) is 5.32 Å². The number of halogens is 1. The first kappa shape index (κ1) is 12.1. The summed E-state index contributed by atoms with van der Waals surface area (Å²) in [5.41, 5.74) is 1.26. The largest absolute Gasteiger partial charge is 0.299 e. The van der Waals surface area contributed by atoms with Gasteiger partial charge >= 0.3 is 0 Å². The fourth-order valence-electron chi connectivity index (χ4n) is 1.46. The van der Waals surface area contributed by atoms with Crippen molar-refractivity contribution in [2.45, 2.75) is 26.3 Å². The second-order valence-corrected chi connectivity index (χ2v) is 3.76. The highest BCUT2D eigenvalue weighted by Gasteiger charge is 2.06. The van der Waals surface area contributed by atoms with Gasteiger partial charge in [-0.2, -0.15) is 0 Å². The Hall–Kier alpha value is -0.970. The maximum absolute atomic E-state index is 5.84. The third kappa shape index (κ3) is 3.95. The third-order valence-corrected chi connectivity index (χ3v) is 2.55. The molecule has 0 aliphatic rings. The van der Waals surface area contributed by atoms with E-state index in [-0.39, 0.29) is 0 Å². The Kier molecular flexibility index (Phi) is 5.25. The zero-order chi connectivity index (χ0) is 11.1. The van der Waals surface area contributed by atoms with E-state index in [1.165, 1.54) is 5.56 Å². The van der Waals surface area contributed by atoms with E-state index in [1.807, 2.05) is 19.1 Å². The van der Waals surface area contributed by atoms with Crippen LogP contribution in [0.2, 0.25) is 5.02 Å². The lowest BCUT2D eigenvalue weighted by molar-refractivity contribution is 0.555. The number of nitrogens with one attached hydrogen (secondary N) is 1. The Morgan fingerprint density at radius 1 is 1.33 bits per heavy atom. The summed E-state index contributed by atoms with van der Waals surface area (Å²) in [5, 5.41) is 4.17. The van der Waals surface area contributed by atoms with Gasteiger partial charge in [0.05, 0.1) is 6.54 Å². The topological polar surface area (TPSA) is 12.0 Å². The molecular formula is C13H16ClN. The minimum Gasteiger partial charge on any atom is -0.299 e. The molecule has 1 N–H and O–H groups in total. The van der Waals surface area contributed by atoms with Gasteiger partial charge in [-0.15, -0.1) is 5.92 Å². The molecule has 0 saturated heterocycles. The van der Waals surface area contributed by atoms with Gasteiger partial charge in [0.15, 0.2) is 0 Å². The van der Waals surface area contributed by atoms with E-state index in [4.69, 9.17) is 11.6 Å².